The van der Waals surface area contributed by atoms with Crippen molar-refractivity contribution in [1.29, 1.82) is 0 Å². The molecular formula is C34H46N4O5. The van der Waals surface area contributed by atoms with E-state index in [1.807, 2.05) is 68.1 Å². The van der Waals surface area contributed by atoms with Crippen LogP contribution in [0.3, 0.4) is 0 Å². The number of para-hydroxylation sites is 2. The van der Waals surface area contributed by atoms with Gasteiger partial charge in [0.1, 0.15) is 11.4 Å². The van der Waals surface area contributed by atoms with Crippen LogP contribution in [0.15, 0.2) is 48.5 Å². The molecule has 2 unspecified atom stereocenters. The van der Waals surface area contributed by atoms with Gasteiger partial charge in [-0.15, -0.1) is 0 Å². The summed E-state index contributed by atoms with van der Waals surface area (Å²) >= 11 is 0. The first-order valence-corrected chi connectivity index (χ1v) is 15.8. The SMILES string of the molecule is CC(C)(C)OC(=O)NCCCCCNC(=O)c1ccccc1C1CC2CCC(C1)N2CCN1C(=O)COc2ccccc21. The number of hydrogen-bond acceptors (Lipinski definition) is 6. The number of nitrogens with zero attached hydrogens (tertiary/aromatic N) is 2. The molecule has 0 aromatic heterocycles. The maximum absolute atomic E-state index is 13.2. The van der Waals surface area contributed by atoms with Gasteiger partial charge in [-0.2, -0.15) is 0 Å². The summed E-state index contributed by atoms with van der Waals surface area (Å²) in [5, 5.41) is 5.90. The van der Waals surface area contributed by atoms with E-state index in [1.54, 1.807) is 0 Å². The van der Waals surface area contributed by atoms with Gasteiger partial charge in [-0.1, -0.05) is 30.3 Å². The van der Waals surface area contributed by atoms with E-state index < -0.39 is 11.7 Å². The largest absolute Gasteiger partial charge is 0.482 e. The van der Waals surface area contributed by atoms with Gasteiger partial charge in [0.05, 0.1) is 5.69 Å². The van der Waals surface area contributed by atoms with E-state index in [0.717, 1.165) is 74.1 Å². The number of hydrogen-bond donors (Lipinski definition) is 2. The number of fused-ring (bicyclic) bond motifs is 3. The molecule has 2 aromatic carbocycles. The second kappa shape index (κ2) is 13.8. The molecule has 232 valence electrons. The number of rotatable bonds is 11. The van der Waals surface area contributed by atoms with Crippen LogP contribution in [0.5, 0.6) is 5.75 Å². The van der Waals surface area contributed by atoms with Crippen molar-refractivity contribution in [3.05, 3.63) is 59.7 Å². The van der Waals surface area contributed by atoms with E-state index in [9.17, 15) is 14.4 Å². The smallest absolute Gasteiger partial charge is 0.407 e. The molecule has 2 bridgehead atoms. The Kier molecular flexibility index (Phi) is 9.90. The maximum atomic E-state index is 13.2. The molecule has 2 aromatic rings. The van der Waals surface area contributed by atoms with Crippen LogP contribution in [0, 0.1) is 0 Å². The highest BCUT2D eigenvalue weighted by Crippen LogP contribution is 2.44. The Bertz CT molecular complexity index is 1280. The molecule has 5 rings (SSSR count). The number of nitrogens with one attached hydrogen (secondary N) is 2. The van der Waals surface area contributed by atoms with Gasteiger partial charge < -0.3 is 25.0 Å². The number of unbranched alkanes of at least 4 members (excludes halogenated alkanes) is 2. The van der Waals surface area contributed by atoms with Crippen LogP contribution >= 0.6 is 0 Å². The summed E-state index contributed by atoms with van der Waals surface area (Å²) in [6, 6.07) is 16.7. The lowest BCUT2D eigenvalue weighted by Crippen LogP contribution is -2.48. The van der Waals surface area contributed by atoms with Gasteiger partial charge in [0, 0.05) is 43.8 Å². The van der Waals surface area contributed by atoms with Crippen molar-refractivity contribution in [3.63, 3.8) is 0 Å². The number of ether oxygens (including phenoxy) is 2. The summed E-state index contributed by atoms with van der Waals surface area (Å²) in [5.74, 6) is 1.12. The van der Waals surface area contributed by atoms with Gasteiger partial charge in [0.15, 0.2) is 6.61 Å². The molecule has 0 saturated carbocycles. The Morgan fingerprint density at radius 3 is 2.33 bits per heavy atom. The Balaban J connectivity index is 1.09. The monoisotopic (exact) mass is 590 g/mol. The lowest BCUT2D eigenvalue weighted by atomic mass is 9.82. The predicted molar refractivity (Wildman–Crippen MR) is 167 cm³/mol. The third-order valence-corrected chi connectivity index (χ3v) is 8.73. The molecule has 2 N–H and O–H groups in total. The Morgan fingerprint density at radius 2 is 1.58 bits per heavy atom. The quantitative estimate of drug-likeness (QED) is 0.347. The van der Waals surface area contributed by atoms with Crippen molar-refractivity contribution < 1.29 is 23.9 Å². The Morgan fingerprint density at radius 1 is 0.907 bits per heavy atom. The number of amides is 3. The minimum Gasteiger partial charge on any atom is -0.482 e. The van der Waals surface area contributed by atoms with E-state index in [2.05, 4.69) is 21.6 Å². The number of carbonyl (C=O) groups is 3. The van der Waals surface area contributed by atoms with E-state index >= 15 is 0 Å². The van der Waals surface area contributed by atoms with Gasteiger partial charge in [0.2, 0.25) is 0 Å². The predicted octanol–water partition coefficient (Wildman–Crippen LogP) is 5.25. The lowest BCUT2D eigenvalue weighted by molar-refractivity contribution is -0.121. The normalized spacial score (nSPS) is 21.6. The van der Waals surface area contributed by atoms with Crippen LogP contribution in [-0.2, 0) is 9.53 Å². The number of alkyl carbamates (subject to hydrolysis) is 1. The molecule has 43 heavy (non-hydrogen) atoms. The summed E-state index contributed by atoms with van der Waals surface area (Å²) in [6.07, 6.45) is 6.56. The maximum Gasteiger partial charge on any atom is 0.407 e. The number of piperidine rings is 1. The molecule has 2 atom stereocenters. The second-order valence-corrected chi connectivity index (χ2v) is 12.9. The van der Waals surface area contributed by atoms with Crippen LogP contribution in [0.1, 0.15) is 87.6 Å². The minimum absolute atomic E-state index is 0.0123. The van der Waals surface area contributed by atoms with Gasteiger partial charge in [-0.05, 0) is 95.4 Å². The summed E-state index contributed by atoms with van der Waals surface area (Å²) in [7, 11) is 0. The van der Waals surface area contributed by atoms with Crippen LogP contribution < -0.4 is 20.3 Å². The van der Waals surface area contributed by atoms with Gasteiger partial charge in [-0.3, -0.25) is 14.5 Å². The minimum atomic E-state index is -0.501. The number of anilines is 1. The van der Waals surface area contributed by atoms with Crippen LogP contribution in [0.25, 0.3) is 0 Å². The van der Waals surface area contributed by atoms with Crippen LogP contribution in [0.2, 0.25) is 0 Å². The van der Waals surface area contributed by atoms with Crippen LogP contribution in [-0.4, -0.2) is 73.3 Å². The van der Waals surface area contributed by atoms with Gasteiger partial charge >= 0.3 is 6.09 Å². The number of carbonyl (C=O) groups excluding carboxylic acids is 3. The number of benzene rings is 2. The van der Waals surface area contributed by atoms with Crippen molar-refractivity contribution in [2.45, 2.75) is 89.3 Å². The molecule has 3 aliphatic heterocycles. The first kappa shape index (κ1) is 30.9. The summed E-state index contributed by atoms with van der Waals surface area (Å²) in [5.41, 5.74) is 2.29. The zero-order valence-electron chi connectivity index (χ0n) is 25.8. The van der Waals surface area contributed by atoms with E-state index in [-0.39, 0.29) is 18.4 Å². The fourth-order valence-electron chi connectivity index (χ4n) is 6.80. The fraction of sp³-hybridized carbons (Fsp3) is 0.559. The van der Waals surface area contributed by atoms with Crippen molar-refractivity contribution in [1.82, 2.24) is 15.5 Å². The standard InChI is InChI=1S/C34H46N4O5/c1-34(2,3)43-33(41)36-18-10-4-9-17-35-32(40)28-12-6-5-11-27(28)24-21-25-15-16-26(22-24)37(25)19-20-38-29-13-7-8-14-30(29)42-23-31(38)39/h5-8,11-14,24-26H,4,9-10,15-23H2,1-3H3,(H,35,40)(H,36,41). The fourth-order valence-corrected chi connectivity index (χ4v) is 6.80. The van der Waals surface area contributed by atoms with Crippen molar-refractivity contribution in [2.75, 3.05) is 37.7 Å². The molecule has 3 amide bonds. The highest BCUT2D eigenvalue weighted by molar-refractivity contribution is 5.98. The molecule has 2 fully saturated rings. The highest BCUT2D eigenvalue weighted by Gasteiger charge is 2.42. The second-order valence-electron chi connectivity index (χ2n) is 12.9. The zero-order chi connectivity index (χ0) is 30.4. The lowest BCUT2D eigenvalue weighted by Gasteiger charge is -2.41. The first-order valence-electron chi connectivity index (χ1n) is 15.8. The van der Waals surface area contributed by atoms with Crippen molar-refractivity contribution in [3.8, 4) is 5.75 Å². The van der Waals surface area contributed by atoms with E-state index in [0.29, 0.717) is 37.6 Å². The molecule has 0 spiro atoms. The molecule has 9 heteroatoms. The molecule has 3 aliphatic rings. The van der Waals surface area contributed by atoms with E-state index in [1.165, 1.54) is 0 Å². The first-order chi connectivity index (χ1) is 20.7. The zero-order valence-corrected chi connectivity index (χ0v) is 25.8. The van der Waals surface area contributed by atoms with E-state index in [4.69, 9.17) is 9.47 Å². The molecule has 9 nitrogen and oxygen atoms in total. The van der Waals surface area contributed by atoms with Crippen LogP contribution in [0.4, 0.5) is 10.5 Å². The van der Waals surface area contributed by atoms with Crippen molar-refractivity contribution in [2.24, 2.45) is 0 Å². The van der Waals surface area contributed by atoms with Gasteiger partial charge in [0.25, 0.3) is 11.8 Å². The topological polar surface area (TPSA) is 100 Å². The summed E-state index contributed by atoms with van der Waals surface area (Å²) in [6.45, 7) is 8.30. The summed E-state index contributed by atoms with van der Waals surface area (Å²) in [4.78, 5) is 42.1. The summed E-state index contributed by atoms with van der Waals surface area (Å²) < 4.78 is 10.9. The van der Waals surface area contributed by atoms with Gasteiger partial charge in [-0.25, -0.2) is 4.79 Å². The molecular weight excluding hydrogens is 544 g/mol. The highest BCUT2D eigenvalue weighted by atomic mass is 16.6. The third-order valence-electron chi connectivity index (χ3n) is 8.73. The Hall–Kier alpha value is -3.59. The Labute approximate surface area is 255 Å². The molecule has 0 aliphatic carbocycles. The third kappa shape index (κ3) is 7.88. The molecule has 0 radical (unpaired) electrons. The average Bonchev–Trinajstić information content (AvgIpc) is 3.21. The molecule has 2 saturated heterocycles. The van der Waals surface area contributed by atoms with Crippen molar-refractivity contribution >= 4 is 23.6 Å². The average molecular weight is 591 g/mol. The molecule has 3 heterocycles.